The molecule has 1 aromatic heterocycles. The molecule has 0 unspecified atom stereocenters. The SMILES string of the molecule is CN1CCN(Cc2cccc(NC(=O)C=Cc3ccc(Br)s3)c2)CC1. The molecule has 4 nitrogen and oxygen atoms in total. The number of rotatable bonds is 5. The quantitative estimate of drug-likeness (QED) is 0.746. The first-order chi connectivity index (χ1) is 12.1. The number of nitrogens with one attached hydrogen (secondary N) is 1. The van der Waals surface area contributed by atoms with Crippen LogP contribution in [0.2, 0.25) is 0 Å². The highest BCUT2D eigenvalue weighted by Crippen LogP contribution is 2.23. The maximum atomic E-state index is 12.1. The van der Waals surface area contributed by atoms with Gasteiger partial charge in [0, 0.05) is 49.4 Å². The normalized spacial score (nSPS) is 16.4. The smallest absolute Gasteiger partial charge is 0.248 e. The van der Waals surface area contributed by atoms with Gasteiger partial charge in [-0.1, -0.05) is 12.1 Å². The molecule has 0 atom stereocenters. The predicted octanol–water partition coefficient (Wildman–Crippen LogP) is 3.91. The summed E-state index contributed by atoms with van der Waals surface area (Å²) >= 11 is 5.02. The highest BCUT2D eigenvalue weighted by molar-refractivity contribution is 9.11. The summed E-state index contributed by atoms with van der Waals surface area (Å²) in [6, 6.07) is 12.1. The molecule has 0 radical (unpaired) electrons. The van der Waals surface area contributed by atoms with Crippen LogP contribution >= 0.6 is 27.3 Å². The number of nitrogens with zero attached hydrogens (tertiary/aromatic N) is 2. The summed E-state index contributed by atoms with van der Waals surface area (Å²) < 4.78 is 1.06. The standard InChI is InChI=1S/C19H22BrN3OS/c1-22-9-11-23(12-10-22)14-15-3-2-4-16(13-15)21-19(24)8-6-17-5-7-18(20)25-17/h2-8,13H,9-12,14H2,1H3,(H,21,24). The number of anilines is 1. The fourth-order valence-corrected chi connectivity index (χ4v) is 4.10. The molecule has 0 bridgehead atoms. The molecule has 0 spiro atoms. The van der Waals surface area contributed by atoms with Gasteiger partial charge < -0.3 is 10.2 Å². The first-order valence-corrected chi connectivity index (χ1v) is 9.94. The van der Waals surface area contributed by atoms with Gasteiger partial charge in [0.15, 0.2) is 0 Å². The van der Waals surface area contributed by atoms with E-state index in [0.717, 1.165) is 47.1 Å². The van der Waals surface area contributed by atoms with Crippen molar-refractivity contribution in [1.29, 1.82) is 0 Å². The number of hydrogen-bond acceptors (Lipinski definition) is 4. The lowest BCUT2D eigenvalue weighted by atomic mass is 10.1. The molecular formula is C19H22BrN3OS. The molecule has 2 aromatic rings. The van der Waals surface area contributed by atoms with E-state index in [2.05, 4.69) is 50.2 Å². The largest absolute Gasteiger partial charge is 0.323 e. The second-order valence-electron chi connectivity index (χ2n) is 6.24. The van der Waals surface area contributed by atoms with Crippen molar-refractivity contribution in [1.82, 2.24) is 9.80 Å². The van der Waals surface area contributed by atoms with E-state index in [1.807, 2.05) is 30.3 Å². The van der Waals surface area contributed by atoms with E-state index in [-0.39, 0.29) is 5.91 Å². The minimum atomic E-state index is -0.110. The number of benzene rings is 1. The number of piperazine rings is 1. The molecule has 1 N–H and O–H groups in total. The zero-order valence-electron chi connectivity index (χ0n) is 14.2. The molecule has 3 rings (SSSR count). The highest BCUT2D eigenvalue weighted by atomic mass is 79.9. The van der Waals surface area contributed by atoms with E-state index < -0.39 is 0 Å². The summed E-state index contributed by atoms with van der Waals surface area (Å²) in [4.78, 5) is 18.0. The number of hydrogen-bond donors (Lipinski definition) is 1. The Morgan fingerprint density at radius 3 is 2.76 bits per heavy atom. The van der Waals surface area contributed by atoms with E-state index in [9.17, 15) is 4.79 Å². The molecule has 0 aliphatic carbocycles. The van der Waals surface area contributed by atoms with E-state index in [4.69, 9.17) is 0 Å². The van der Waals surface area contributed by atoms with E-state index >= 15 is 0 Å². The van der Waals surface area contributed by atoms with Crippen molar-refractivity contribution in [3.63, 3.8) is 0 Å². The van der Waals surface area contributed by atoms with Gasteiger partial charge in [0.05, 0.1) is 3.79 Å². The monoisotopic (exact) mass is 419 g/mol. The number of halogens is 1. The summed E-state index contributed by atoms with van der Waals surface area (Å²) in [5, 5.41) is 2.94. The molecule has 1 amide bonds. The molecule has 1 aromatic carbocycles. The lowest BCUT2D eigenvalue weighted by molar-refractivity contribution is -0.111. The van der Waals surface area contributed by atoms with Gasteiger partial charge in [0.2, 0.25) is 5.91 Å². The van der Waals surface area contributed by atoms with Gasteiger partial charge in [-0.15, -0.1) is 11.3 Å². The van der Waals surface area contributed by atoms with Crippen LogP contribution in [-0.2, 0) is 11.3 Å². The lowest BCUT2D eigenvalue weighted by Gasteiger charge is -2.32. The van der Waals surface area contributed by atoms with Crippen LogP contribution in [0.25, 0.3) is 6.08 Å². The van der Waals surface area contributed by atoms with Crippen molar-refractivity contribution >= 4 is 44.9 Å². The summed E-state index contributed by atoms with van der Waals surface area (Å²) in [6.07, 6.45) is 3.41. The summed E-state index contributed by atoms with van der Waals surface area (Å²) in [6.45, 7) is 5.33. The van der Waals surface area contributed by atoms with Crippen LogP contribution in [0.5, 0.6) is 0 Å². The Hall–Kier alpha value is -1.47. The van der Waals surface area contributed by atoms with Crippen LogP contribution < -0.4 is 5.32 Å². The van der Waals surface area contributed by atoms with Crippen molar-refractivity contribution in [3.8, 4) is 0 Å². The number of amides is 1. The molecular weight excluding hydrogens is 398 g/mol. The average molecular weight is 420 g/mol. The van der Waals surface area contributed by atoms with E-state index in [1.54, 1.807) is 17.4 Å². The van der Waals surface area contributed by atoms with Crippen LogP contribution in [0.15, 0.2) is 46.3 Å². The molecule has 2 heterocycles. The van der Waals surface area contributed by atoms with Crippen molar-refractivity contribution in [2.75, 3.05) is 38.5 Å². The highest BCUT2D eigenvalue weighted by Gasteiger charge is 2.13. The van der Waals surface area contributed by atoms with Crippen molar-refractivity contribution < 1.29 is 4.79 Å². The van der Waals surface area contributed by atoms with Gasteiger partial charge in [0.1, 0.15) is 0 Å². The third-order valence-corrected chi connectivity index (χ3v) is 5.78. The molecule has 6 heteroatoms. The van der Waals surface area contributed by atoms with E-state index in [0.29, 0.717) is 0 Å². The first-order valence-electron chi connectivity index (χ1n) is 8.33. The summed E-state index contributed by atoms with van der Waals surface area (Å²) in [7, 11) is 2.16. The Balaban J connectivity index is 1.55. The molecule has 1 aliphatic heterocycles. The topological polar surface area (TPSA) is 35.6 Å². The fourth-order valence-electron chi connectivity index (χ4n) is 2.77. The molecule has 132 valence electrons. The third-order valence-electron chi connectivity index (χ3n) is 4.19. The predicted molar refractivity (Wildman–Crippen MR) is 109 cm³/mol. The molecule has 1 saturated heterocycles. The minimum absolute atomic E-state index is 0.110. The molecule has 1 aliphatic rings. The zero-order chi connectivity index (χ0) is 17.6. The summed E-state index contributed by atoms with van der Waals surface area (Å²) in [5.74, 6) is -0.110. The minimum Gasteiger partial charge on any atom is -0.323 e. The first kappa shape index (κ1) is 18.3. The Labute approximate surface area is 161 Å². The lowest BCUT2D eigenvalue weighted by Crippen LogP contribution is -2.43. The Kier molecular flexibility index (Phi) is 6.42. The third kappa shape index (κ3) is 5.78. The van der Waals surface area contributed by atoms with Crippen LogP contribution in [0.4, 0.5) is 5.69 Å². The van der Waals surface area contributed by atoms with Crippen molar-refractivity contribution in [3.05, 3.63) is 56.7 Å². The van der Waals surface area contributed by atoms with Gasteiger partial charge in [-0.3, -0.25) is 9.69 Å². The maximum absolute atomic E-state index is 12.1. The summed E-state index contributed by atoms with van der Waals surface area (Å²) in [5.41, 5.74) is 2.07. The van der Waals surface area contributed by atoms with Crippen molar-refractivity contribution in [2.24, 2.45) is 0 Å². The average Bonchev–Trinajstić information content (AvgIpc) is 3.01. The van der Waals surface area contributed by atoms with Gasteiger partial charge in [0.25, 0.3) is 0 Å². The van der Waals surface area contributed by atoms with E-state index in [1.165, 1.54) is 5.56 Å². The zero-order valence-corrected chi connectivity index (χ0v) is 16.6. The molecule has 1 fully saturated rings. The number of thiophene rings is 1. The van der Waals surface area contributed by atoms with Crippen LogP contribution in [0.1, 0.15) is 10.4 Å². The fraction of sp³-hybridized carbons (Fsp3) is 0.316. The van der Waals surface area contributed by atoms with Crippen LogP contribution in [0.3, 0.4) is 0 Å². The van der Waals surface area contributed by atoms with Gasteiger partial charge in [-0.05, 0) is 58.9 Å². The van der Waals surface area contributed by atoms with Crippen LogP contribution in [-0.4, -0.2) is 48.9 Å². The number of likely N-dealkylation sites (N-methyl/N-ethyl adjacent to an activating group) is 1. The molecule has 0 saturated carbocycles. The number of carbonyl (C=O) groups excluding carboxylic acids is 1. The van der Waals surface area contributed by atoms with Gasteiger partial charge >= 0.3 is 0 Å². The van der Waals surface area contributed by atoms with Gasteiger partial charge in [-0.2, -0.15) is 0 Å². The second-order valence-corrected chi connectivity index (χ2v) is 8.74. The maximum Gasteiger partial charge on any atom is 0.248 e. The molecule has 25 heavy (non-hydrogen) atoms. The van der Waals surface area contributed by atoms with Crippen LogP contribution in [0, 0.1) is 0 Å². The van der Waals surface area contributed by atoms with Gasteiger partial charge in [-0.25, -0.2) is 0 Å². The Bertz CT molecular complexity index is 751. The number of carbonyl (C=O) groups is 1. The Morgan fingerprint density at radius 1 is 1.24 bits per heavy atom. The van der Waals surface area contributed by atoms with Crippen molar-refractivity contribution in [2.45, 2.75) is 6.54 Å². The second kappa shape index (κ2) is 8.76. The Morgan fingerprint density at radius 2 is 2.04 bits per heavy atom.